The van der Waals surface area contributed by atoms with Crippen molar-refractivity contribution in [2.24, 2.45) is 0 Å². The van der Waals surface area contributed by atoms with Crippen LogP contribution in [0.2, 0.25) is 0 Å². The molecule has 0 spiro atoms. The maximum Gasteiger partial charge on any atom is 0.354 e. The van der Waals surface area contributed by atoms with Gasteiger partial charge in [0.25, 0.3) is 11.8 Å². The summed E-state index contributed by atoms with van der Waals surface area (Å²) in [4.78, 5) is 56.5. The Morgan fingerprint density at radius 2 is 1.69 bits per heavy atom. The van der Waals surface area contributed by atoms with Crippen LogP contribution < -0.4 is 14.4 Å². The minimum absolute atomic E-state index is 0.0865. The van der Waals surface area contributed by atoms with Crippen molar-refractivity contribution < 1.29 is 33.4 Å². The molecule has 2 aromatic carbocycles. The molecule has 1 fully saturated rings. The average molecular weight is 494 g/mol. The predicted octanol–water partition coefficient (Wildman–Crippen LogP) is 1.74. The summed E-state index contributed by atoms with van der Waals surface area (Å²) < 4.78 is 16.2. The lowest BCUT2D eigenvalue weighted by molar-refractivity contribution is -0.161. The summed E-state index contributed by atoms with van der Waals surface area (Å²) in [5.74, 6) is -0.601. The number of anilines is 1. The molecule has 1 unspecified atom stereocenters. The summed E-state index contributed by atoms with van der Waals surface area (Å²) in [5.41, 5.74) is 1.10. The average Bonchev–Trinajstić information content (AvgIpc) is 3.27. The number of carbonyl (C=O) groups excluding carboxylic acids is 4. The van der Waals surface area contributed by atoms with Gasteiger partial charge in [-0.1, -0.05) is 12.1 Å². The molecule has 0 radical (unpaired) electrons. The maximum absolute atomic E-state index is 13.4. The van der Waals surface area contributed by atoms with E-state index in [9.17, 15) is 19.2 Å². The topological polar surface area (TPSA) is 106 Å². The highest BCUT2D eigenvalue weighted by Crippen LogP contribution is 2.44. The molecule has 3 heterocycles. The third-order valence-corrected chi connectivity index (χ3v) is 7.27. The van der Waals surface area contributed by atoms with Crippen molar-refractivity contribution in [3.05, 3.63) is 53.1 Å². The number of hydrogen-bond acceptors (Lipinski definition) is 7. The molecule has 2 aromatic rings. The van der Waals surface area contributed by atoms with E-state index < -0.39 is 18.2 Å². The van der Waals surface area contributed by atoms with Crippen LogP contribution >= 0.6 is 0 Å². The number of ether oxygens (including phenoxy) is 3. The minimum atomic E-state index is -1.61. The lowest BCUT2D eigenvalue weighted by Crippen LogP contribution is -2.67. The highest BCUT2D eigenvalue weighted by atomic mass is 16.5. The Morgan fingerprint density at radius 1 is 1.00 bits per heavy atom. The molecular weight excluding hydrogens is 466 g/mol. The van der Waals surface area contributed by atoms with Crippen molar-refractivity contribution in [3.8, 4) is 11.5 Å². The van der Waals surface area contributed by atoms with Crippen LogP contribution in [0.15, 0.2) is 36.4 Å². The Kier molecular flexibility index (Phi) is 5.82. The fourth-order valence-electron chi connectivity index (χ4n) is 5.32. The Balaban J connectivity index is 1.33. The Hall–Kier alpha value is -4.08. The van der Waals surface area contributed by atoms with Gasteiger partial charge in [-0.05, 0) is 41.8 Å². The van der Waals surface area contributed by atoms with Crippen LogP contribution in [0.1, 0.15) is 34.3 Å². The zero-order chi connectivity index (χ0) is 25.6. The number of hydrogen-bond donors (Lipinski definition) is 0. The van der Waals surface area contributed by atoms with E-state index in [1.165, 1.54) is 16.8 Å². The zero-order valence-electron chi connectivity index (χ0n) is 20.4. The van der Waals surface area contributed by atoms with Gasteiger partial charge in [0.05, 0.1) is 25.5 Å². The molecule has 3 amide bonds. The van der Waals surface area contributed by atoms with Crippen molar-refractivity contribution >= 4 is 29.4 Å². The predicted molar refractivity (Wildman–Crippen MR) is 128 cm³/mol. The summed E-state index contributed by atoms with van der Waals surface area (Å²) in [5, 5.41) is 0. The van der Waals surface area contributed by atoms with E-state index >= 15 is 0 Å². The molecule has 0 aromatic heterocycles. The van der Waals surface area contributed by atoms with Crippen molar-refractivity contribution in [1.29, 1.82) is 0 Å². The van der Waals surface area contributed by atoms with Gasteiger partial charge in [-0.3, -0.25) is 19.3 Å². The summed E-state index contributed by atoms with van der Waals surface area (Å²) in [7, 11) is 4.61. The summed E-state index contributed by atoms with van der Waals surface area (Å²) in [6.45, 7) is 0.308. The van der Waals surface area contributed by atoms with Crippen LogP contribution in [0.3, 0.4) is 0 Å². The van der Waals surface area contributed by atoms with Gasteiger partial charge in [-0.25, -0.2) is 4.79 Å². The number of carbonyl (C=O) groups is 4. The van der Waals surface area contributed by atoms with Gasteiger partial charge in [0.1, 0.15) is 0 Å². The summed E-state index contributed by atoms with van der Waals surface area (Å²) in [6, 6.07) is 10.4. The molecule has 5 rings (SSSR count). The number of amides is 3. The molecule has 10 nitrogen and oxygen atoms in total. The number of benzene rings is 2. The standard InChI is InChI=1S/C26H27N3O7/c1-27-24(32)18-6-4-5-7-19(18)29-22(30)8-10-26(27,29)25(33)36-15-23(31)28-11-9-16-12-20(34-2)21(35-3)13-17(16)14-28/h4-7,12-13H,8-11,14-15H2,1-3H3. The SMILES string of the molecule is COc1cc2c(cc1OC)CN(C(=O)COC(=O)C13CCC(=O)N1c1ccccc1C(=O)N3C)CC2. The van der Waals surface area contributed by atoms with Gasteiger partial charge in [0, 0.05) is 33.0 Å². The van der Waals surface area contributed by atoms with Crippen molar-refractivity contribution in [2.45, 2.75) is 31.5 Å². The first kappa shape index (κ1) is 23.7. The number of rotatable bonds is 5. The van der Waals surface area contributed by atoms with Crippen LogP contribution in [0.25, 0.3) is 0 Å². The normalized spacial score (nSPS) is 20.5. The number of likely N-dealkylation sites (N-methyl/N-ethyl adjacent to an activating group) is 1. The van der Waals surface area contributed by atoms with E-state index in [0.29, 0.717) is 42.3 Å². The van der Waals surface area contributed by atoms with Crippen molar-refractivity contribution in [2.75, 3.05) is 39.3 Å². The lowest BCUT2D eigenvalue weighted by Gasteiger charge is -2.46. The fraction of sp³-hybridized carbons (Fsp3) is 0.385. The molecule has 36 heavy (non-hydrogen) atoms. The van der Waals surface area contributed by atoms with Gasteiger partial charge >= 0.3 is 5.97 Å². The van der Waals surface area contributed by atoms with Crippen molar-refractivity contribution in [3.63, 3.8) is 0 Å². The van der Waals surface area contributed by atoms with Gasteiger partial charge in [0.15, 0.2) is 18.1 Å². The Morgan fingerprint density at radius 3 is 2.42 bits per heavy atom. The first-order valence-electron chi connectivity index (χ1n) is 11.7. The fourth-order valence-corrected chi connectivity index (χ4v) is 5.32. The molecule has 188 valence electrons. The number of para-hydroxylation sites is 1. The van der Waals surface area contributed by atoms with E-state index in [1.807, 2.05) is 12.1 Å². The maximum atomic E-state index is 13.4. The van der Waals surface area contributed by atoms with E-state index in [2.05, 4.69) is 0 Å². The number of fused-ring (bicyclic) bond motifs is 4. The van der Waals surface area contributed by atoms with Crippen LogP contribution in [0.4, 0.5) is 5.69 Å². The number of nitrogens with zero attached hydrogens (tertiary/aromatic N) is 3. The molecule has 0 saturated carbocycles. The Bertz CT molecular complexity index is 1280. The first-order chi connectivity index (χ1) is 17.3. The van der Waals surface area contributed by atoms with Crippen LogP contribution in [0, 0.1) is 0 Å². The van der Waals surface area contributed by atoms with Gasteiger partial charge in [0.2, 0.25) is 11.6 Å². The van der Waals surface area contributed by atoms with E-state index in [1.54, 1.807) is 43.4 Å². The molecule has 10 heteroatoms. The minimum Gasteiger partial charge on any atom is -0.493 e. The molecule has 0 N–H and O–H groups in total. The van der Waals surface area contributed by atoms with Gasteiger partial charge in [-0.2, -0.15) is 0 Å². The molecule has 0 aliphatic carbocycles. The van der Waals surface area contributed by atoms with E-state index in [0.717, 1.165) is 11.1 Å². The lowest BCUT2D eigenvalue weighted by atomic mass is 9.97. The highest BCUT2D eigenvalue weighted by molar-refractivity contribution is 6.15. The third kappa shape index (κ3) is 3.47. The zero-order valence-corrected chi connectivity index (χ0v) is 20.4. The second-order valence-corrected chi connectivity index (χ2v) is 9.04. The molecule has 3 aliphatic rings. The monoisotopic (exact) mass is 493 g/mol. The highest BCUT2D eigenvalue weighted by Gasteiger charge is 2.60. The second-order valence-electron chi connectivity index (χ2n) is 9.04. The molecule has 0 bridgehead atoms. The largest absolute Gasteiger partial charge is 0.493 e. The van der Waals surface area contributed by atoms with Gasteiger partial charge < -0.3 is 24.0 Å². The van der Waals surface area contributed by atoms with E-state index in [-0.39, 0.29) is 30.6 Å². The third-order valence-electron chi connectivity index (χ3n) is 7.27. The molecule has 3 aliphatic heterocycles. The second kappa shape index (κ2) is 8.85. The molecule has 1 atom stereocenters. The quantitative estimate of drug-likeness (QED) is 0.584. The van der Waals surface area contributed by atoms with Crippen LogP contribution in [-0.4, -0.2) is 73.6 Å². The first-order valence-corrected chi connectivity index (χ1v) is 11.7. The summed E-state index contributed by atoms with van der Waals surface area (Å²) >= 11 is 0. The van der Waals surface area contributed by atoms with Crippen molar-refractivity contribution in [1.82, 2.24) is 9.80 Å². The molecule has 1 saturated heterocycles. The Labute approximate surface area is 208 Å². The van der Waals surface area contributed by atoms with E-state index in [4.69, 9.17) is 14.2 Å². The number of methoxy groups -OCH3 is 2. The summed E-state index contributed by atoms with van der Waals surface area (Å²) in [6.07, 6.45) is 0.799. The van der Waals surface area contributed by atoms with Crippen LogP contribution in [-0.2, 0) is 32.1 Å². The number of esters is 1. The van der Waals surface area contributed by atoms with Crippen LogP contribution in [0.5, 0.6) is 11.5 Å². The van der Waals surface area contributed by atoms with Gasteiger partial charge in [-0.15, -0.1) is 0 Å². The smallest absolute Gasteiger partial charge is 0.354 e. The molecular formula is C26H27N3O7.